The highest BCUT2D eigenvalue weighted by atomic mass is 19.1. The summed E-state index contributed by atoms with van der Waals surface area (Å²) in [6.07, 6.45) is 6.91. The van der Waals surface area contributed by atoms with Crippen LogP contribution in [0.1, 0.15) is 85.5 Å². The summed E-state index contributed by atoms with van der Waals surface area (Å²) in [5, 5.41) is 13.9. The van der Waals surface area contributed by atoms with Crippen molar-refractivity contribution >= 4 is 17.5 Å². The summed E-state index contributed by atoms with van der Waals surface area (Å²) >= 11 is 0. The highest BCUT2D eigenvalue weighted by Gasteiger charge is 2.44. The molecule has 2 aliphatic carbocycles. The molecule has 1 aliphatic heterocycles. The molecule has 3 fully saturated rings. The van der Waals surface area contributed by atoms with Gasteiger partial charge in [-0.2, -0.15) is 5.10 Å². The lowest BCUT2D eigenvalue weighted by Crippen LogP contribution is -2.38. The smallest absolute Gasteiger partial charge is 0.307 e. The number of likely N-dealkylation sites (tertiary alicyclic amines) is 1. The summed E-state index contributed by atoms with van der Waals surface area (Å²) in [4.78, 5) is 31.2. The zero-order chi connectivity index (χ0) is 24.3. The molecule has 7 nitrogen and oxygen atoms in total. The number of carboxylic acids is 1. The highest BCUT2D eigenvalue weighted by molar-refractivity contribution is 5.93. The zero-order valence-corrected chi connectivity index (χ0v) is 19.8. The van der Waals surface area contributed by atoms with Gasteiger partial charge in [0, 0.05) is 35.8 Å². The fraction of sp³-hybridized carbons (Fsp3) is 0.481. The Morgan fingerprint density at radius 1 is 1.09 bits per heavy atom. The standard InChI is InChI=1S/C27H29FN4O3/c1-15-5-3-2-4-10-31(15)26(33)23-13-24(16-6-7-16)32-25(29-23)14-22(30-32)18-9-8-17(11-21(18)28)19-12-20(19)27(34)35/h8-9,11,13-16,19-20H,2-7,10,12H2,1H3,(H,34,35)/t15-,19+,20-/m1/s1. The Balaban J connectivity index is 1.35. The largest absolute Gasteiger partial charge is 0.481 e. The van der Waals surface area contributed by atoms with E-state index in [2.05, 4.69) is 17.0 Å². The second kappa shape index (κ2) is 8.43. The number of halogens is 1. The minimum absolute atomic E-state index is 0.0421. The van der Waals surface area contributed by atoms with Crippen LogP contribution in [0.3, 0.4) is 0 Å². The second-order valence-electron chi connectivity index (χ2n) is 10.4. The van der Waals surface area contributed by atoms with Gasteiger partial charge in [-0.1, -0.05) is 18.9 Å². The molecule has 3 atom stereocenters. The van der Waals surface area contributed by atoms with Gasteiger partial charge in [0.1, 0.15) is 11.5 Å². The van der Waals surface area contributed by atoms with Gasteiger partial charge in [0.15, 0.2) is 5.65 Å². The molecule has 0 radical (unpaired) electrons. The Labute approximate surface area is 203 Å². The minimum atomic E-state index is -0.835. The zero-order valence-electron chi connectivity index (χ0n) is 19.8. The van der Waals surface area contributed by atoms with Gasteiger partial charge >= 0.3 is 5.97 Å². The number of hydrogen-bond acceptors (Lipinski definition) is 4. The van der Waals surface area contributed by atoms with Crippen LogP contribution < -0.4 is 0 Å². The monoisotopic (exact) mass is 476 g/mol. The van der Waals surface area contributed by atoms with Crippen molar-refractivity contribution in [2.45, 2.75) is 69.7 Å². The third-order valence-electron chi connectivity index (χ3n) is 7.79. The lowest BCUT2D eigenvalue weighted by molar-refractivity contribution is -0.138. The summed E-state index contributed by atoms with van der Waals surface area (Å²) in [5.74, 6) is -1.53. The number of carbonyl (C=O) groups is 2. The molecule has 0 spiro atoms. The maximum atomic E-state index is 15.1. The van der Waals surface area contributed by atoms with Crippen LogP contribution in [0.4, 0.5) is 4.39 Å². The molecule has 1 saturated heterocycles. The molecule has 3 heterocycles. The van der Waals surface area contributed by atoms with E-state index < -0.39 is 17.7 Å². The van der Waals surface area contributed by atoms with Crippen molar-refractivity contribution in [3.8, 4) is 11.3 Å². The third-order valence-corrected chi connectivity index (χ3v) is 7.79. The number of hydrogen-bond donors (Lipinski definition) is 1. The normalized spacial score (nSPS) is 24.4. The molecule has 8 heteroatoms. The van der Waals surface area contributed by atoms with Gasteiger partial charge in [-0.3, -0.25) is 9.59 Å². The van der Waals surface area contributed by atoms with Gasteiger partial charge in [-0.25, -0.2) is 13.9 Å². The highest BCUT2D eigenvalue weighted by Crippen LogP contribution is 2.48. The summed E-state index contributed by atoms with van der Waals surface area (Å²) in [6.45, 7) is 2.85. The maximum absolute atomic E-state index is 15.1. The van der Waals surface area contributed by atoms with Gasteiger partial charge in [-0.15, -0.1) is 0 Å². The molecule has 1 aromatic carbocycles. The summed E-state index contributed by atoms with van der Waals surface area (Å²) < 4.78 is 16.9. The first-order valence-corrected chi connectivity index (χ1v) is 12.6. The van der Waals surface area contributed by atoms with Gasteiger partial charge < -0.3 is 10.0 Å². The summed E-state index contributed by atoms with van der Waals surface area (Å²) in [7, 11) is 0. The van der Waals surface area contributed by atoms with Crippen molar-refractivity contribution in [1.82, 2.24) is 19.5 Å². The van der Waals surface area contributed by atoms with E-state index in [4.69, 9.17) is 0 Å². The predicted octanol–water partition coefficient (Wildman–Crippen LogP) is 5.01. The molecule has 2 aromatic heterocycles. The number of carbonyl (C=O) groups excluding carboxylic acids is 1. The van der Waals surface area contributed by atoms with E-state index in [1.165, 1.54) is 6.07 Å². The van der Waals surface area contributed by atoms with Crippen molar-refractivity contribution in [2.75, 3.05) is 6.54 Å². The van der Waals surface area contributed by atoms with Crippen LogP contribution in [0, 0.1) is 11.7 Å². The van der Waals surface area contributed by atoms with Gasteiger partial charge in [-0.05, 0) is 68.7 Å². The number of aromatic nitrogens is 3. The molecular formula is C27H29FN4O3. The summed E-state index contributed by atoms with van der Waals surface area (Å²) in [6, 6.07) is 8.70. The first-order valence-electron chi connectivity index (χ1n) is 12.6. The fourth-order valence-corrected chi connectivity index (χ4v) is 5.44. The Hall–Kier alpha value is -3.29. The van der Waals surface area contributed by atoms with Gasteiger partial charge in [0.05, 0.1) is 11.6 Å². The minimum Gasteiger partial charge on any atom is -0.481 e. The molecule has 1 N–H and O–H groups in total. The molecular weight excluding hydrogens is 447 g/mol. The average Bonchev–Trinajstić information content (AvgIpc) is 3.74. The molecule has 2 saturated carbocycles. The third kappa shape index (κ3) is 4.09. The molecule has 0 bridgehead atoms. The van der Waals surface area contributed by atoms with Crippen LogP contribution in [-0.2, 0) is 4.79 Å². The molecule has 1 amide bonds. The van der Waals surface area contributed by atoms with Crippen LogP contribution in [0.25, 0.3) is 16.9 Å². The predicted molar refractivity (Wildman–Crippen MR) is 128 cm³/mol. The number of amides is 1. The first kappa shape index (κ1) is 22.2. The van der Waals surface area contributed by atoms with E-state index in [1.54, 1.807) is 22.7 Å². The van der Waals surface area contributed by atoms with Crippen LogP contribution >= 0.6 is 0 Å². The quantitative estimate of drug-likeness (QED) is 0.560. The fourth-order valence-electron chi connectivity index (χ4n) is 5.44. The molecule has 3 aliphatic rings. The van der Waals surface area contributed by atoms with Gasteiger partial charge in [0.25, 0.3) is 5.91 Å². The number of rotatable bonds is 5. The van der Waals surface area contributed by atoms with Crippen LogP contribution in [0.15, 0.2) is 30.3 Å². The van der Waals surface area contributed by atoms with Crippen molar-refractivity contribution in [3.05, 3.63) is 53.1 Å². The lowest BCUT2D eigenvalue weighted by Gasteiger charge is -2.27. The molecule has 182 valence electrons. The SMILES string of the molecule is C[C@@H]1CCCCCN1C(=O)c1cc(C2CC2)n2nc(-c3ccc([C@@H]4C[C@H]4C(=O)O)cc3F)cc2n1. The molecule has 35 heavy (non-hydrogen) atoms. The second-order valence-corrected chi connectivity index (χ2v) is 10.4. The number of fused-ring (bicyclic) bond motifs is 1. The van der Waals surface area contributed by atoms with Crippen molar-refractivity contribution in [2.24, 2.45) is 5.92 Å². The van der Waals surface area contributed by atoms with Crippen molar-refractivity contribution in [3.63, 3.8) is 0 Å². The topological polar surface area (TPSA) is 87.8 Å². The number of nitrogens with zero attached hydrogens (tertiary/aromatic N) is 4. The lowest BCUT2D eigenvalue weighted by atomic mass is 10.0. The number of aliphatic carboxylic acids is 1. The Kier molecular flexibility index (Phi) is 5.34. The van der Waals surface area contributed by atoms with Crippen LogP contribution in [0.2, 0.25) is 0 Å². The van der Waals surface area contributed by atoms with E-state index in [-0.39, 0.29) is 17.9 Å². The average molecular weight is 477 g/mol. The van der Waals surface area contributed by atoms with Crippen LogP contribution in [0.5, 0.6) is 0 Å². The maximum Gasteiger partial charge on any atom is 0.307 e. The van der Waals surface area contributed by atoms with E-state index >= 15 is 4.39 Å². The van der Waals surface area contributed by atoms with Crippen molar-refractivity contribution < 1.29 is 19.1 Å². The Bertz CT molecular complexity index is 1330. The van der Waals surface area contributed by atoms with E-state index in [1.807, 2.05) is 11.0 Å². The van der Waals surface area contributed by atoms with E-state index in [0.29, 0.717) is 40.5 Å². The summed E-state index contributed by atoms with van der Waals surface area (Å²) in [5.41, 5.74) is 3.45. The molecule has 6 rings (SSSR count). The Morgan fingerprint density at radius 3 is 2.63 bits per heavy atom. The number of benzene rings is 1. The first-order chi connectivity index (χ1) is 16.9. The number of carboxylic acid groups (broad SMARTS) is 1. The van der Waals surface area contributed by atoms with Gasteiger partial charge in [0.2, 0.25) is 0 Å². The Morgan fingerprint density at radius 2 is 1.91 bits per heavy atom. The molecule has 3 aromatic rings. The van der Waals surface area contributed by atoms with Crippen LogP contribution in [-0.4, -0.2) is 49.1 Å². The molecule has 0 unspecified atom stereocenters. The van der Waals surface area contributed by atoms with Crippen molar-refractivity contribution in [1.29, 1.82) is 0 Å². The van der Waals surface area contributed by atoms with E-state index in [9.17, 15) is 14.7 Å². The van der Waals surface area contributed by atoms with E-state index in [0.717, 1.165) is 50.8 Å².